The first-order valence-electron chi connectivity index (χ1n) is 5.85. The van der Waals surface area contributed by atoms with Crippen LogP contribution in [0.3, 0.4) is 0 Å². The number of rotatable bonds is 2. The third-order valence-electron chi connectivity index (χ3n) is 3.79. The number of nitrogens with two attached hydrogens (primary N) is 1. The third kappa shape index (κ3) is 1.91. The van der Waals surface area contributed by atoms with E-state index in [4.69, 9.17) is 15.2 Å². The normalized spacial score (nSPS) is 42.5. The van der Waals surface area contributed by atoms with Gasteiger partial charge in [-0.05, 0) is 25.8 Å². The number of hydrogen-bond donors (Lipinski definition) is 1. The molecule has 0 saturated carbocycles. The van der Waals surface area contributed by atoms with Crippen LogP contribution in [-0.4, -0.2) is 24.9 Å². The summed E-state index contributed by atoms with van der Waals surface area (Å²) < 4.78 is 11.3. The van der Waals surface area contributed by atoms with Gasteiger partial charge in [0, 0.05) is 12.3 Å². The maximum atomic E-state index is 6.25. The quantitative estimate of drug-likeness (QED) is 0.755. The van der Waals surface area contributed by atoms with Crippen molar-refractivity contribution < 1.29 is 9.47 Å². The van der Waals surface area contributed by atoms with Gasteiger partial charge in [0.15, 0.2) is 0 Å². The molecule has 3 heteroatoms. The van der Waals surface area contributed by atoms with Gasteiger partial charge in [0.05, 0.1) is 24.9 Å². The Labute approximate surface area is 91.6 Å². The molecule has 15 heavy (non-hydrogen) atoms. The summed E-state index contributed by atoms with van der Waals surface area (Å²) in [6, 6.07) is 0.00227. The van der Waals surface area contributed by atoms with Crippen LogP contribution in [0.1, 0.15) is 27.2 Å². The molecule has 1 saturated heterocycles. The van der Waals surface area contributed by atoms with Crippen LogP contribution in [0.15, 0.2) is 11.8 Å². The highest BCUT2D eigenvalue weighted by molar-refractivity contribution is 5.11. The molecule has 2 heterocycles. The molecule has 5 unspecified atom stereocenters. The van der Waals surface area contributed by atoms with E-state index in [1.54, 1.807) is 0 Å². The van der Waals surface area contributed by atoms with E-state index in [0.717, 1.165) is 18.8 Å². The monoisotopic (exact) mass is 211 g/mol. The molecule has 0 aromatic carbocycles. The zero-order valence-corrected chi connectivity index (χ0v) is 9.77. The van der Waals surface area contributed by atoms with Crippen molar-refractivity contribution in [2.45, 2.75) is 45.4 Å². The minimum atomic E-state index is 0.00227. The lowest BCUT2D eigenvalue weighted by molar-refractivity contribution is 0.0480. The predicted molar refractivity (Wildman–Crippen MR) is 59.3 cm³/mol. The Bertz CT molecular complexity index is 264. The highest BCUT2D eigenvalue weighted by atomic mass is 16.5. The average Bonchev–Trinajstić information content (AvgIpc) is 2.76. The molecule has 2 aliphatic rings. The van der Waals surface area contributed by atoms with Crippen LogP contribution in [0, 0.1) is 11.8 Å². The Morgan fingerprint density at radius 2 is 2.07 bits per heavy atom. The van der Waals surface area contributed by atoms with E-state index in [9.17, 15) is 0 Å². The molecule has 2 rings (SSSR count). The number of ether oxygens (including phenoxy) is 2. The van der Waals surface area contributed by atoms with Crippen molar-refractivity contribution >= 4 is 0 Å². The van der Waals surface area contributed by atoms with Crippen molar-refractivity contribution in [3.05, 3.63) is 11.8 Å². The third-order valence-corrected chi connectivity index (χ3v) is 3.79. The molecule has 3 nitrogen and oxygen atoms in total. The molecule has 0 aromatic heterocycles. The van der Waals surface area contributed by atoms with Crippen LogP contribution in [0.25, 0.3) is 0 Å². The van der Waals surface area contributed by atoms with E-state index < -0.39 is 0 Å². The molecular weight excluding hydrogens is 190 g/mol. The molecule has 0 amide bonds. The summed E-state index contributed by atoms with van der Waals surface area (Å²) in [6.45, 7) is 7.24. The fraction of sp³-hybridized carbons (Fsp3) is 0.833. The minimum absolute atomic E-state index is 0.00227. The van der Waals surface area contributed by atoms with Crippen molar-refractivity contribution in [2.75, 3.05) is 6.61 Å². The zero-order valence-electron chi connectivity index (χ0n) is 9.77. The van der Waals surface area contributed by atoms with Gasteiger partial charge in [0.2, 0.25) is 0 Å². The van der Waals surface area contributed by atoms with Crippen molar-refractivity contribution in [3.63, 3.8) is 0 Å². The molecule has 0 aromatic rings. The van der Waals surface area contributed by atoms with E-state index in [1.165, 1.54) is 0 Å². The van der Waals surface area contributed by atoms with Crippen LogP contribution < -0.4 is 5.73 Å². The van der Waals surface area contributed by atoms with Crippen LogP contribution in [-0.2, 0) is 9.47 Å². The van der Waals surface area contributed by atoms with Gasteiger partial charge in [-0.15, -0.1) is 0 Å². The second kappa shape index (κ2) is 4.14. The van der Waals surface area contributed by atoms with Crippen molar-refractivity contribution in [2.24, 2.45) is 17.6 Å². The minimum Gasteiger partial charge on any atom is -0.496 e. The Morgan fingerprint density at radius 3 is 2.53 bits per heavy atom. The number of hydrogen-bond acceptors (Lipinski definition) is 3. The summed E-state index contributed by atoms with van der Waals surface area (Å²) in [5, 5.41) is 0. The summed E-state index contributed by atoms with van der Waals surface area (Å²) >= 11 is 0. The molecule has 2 N–H and O–H groups in total. The predicted octanol–water partition coefficient (Wildman–Crippen LogP) is 1.68. The molecule has 0 aliphatic carbocycles. The maximum Gasteiger partial charge on any atom is 0.109 e. The SMILES string of the molecule is CC1OC(C)C(C(N)C2=CCCO2)C1C. The Hall–Kier alpha value is -0.540. The summed E-state index contributed by atoms with van der Waals surface area (Å²) in [5.41, 5.74) is 6.25. The van der Waals surface area contributed by atoms with Gasteiger partial charge >= 0.3 is 0 Å². The largest absolute Gasteiger partial charge is 0.496 e. The summed E-state index contributed by atoms with van der Waals surface area (Å²) in [4.78, 5) is 0. The van der Waals surface area contributed by atoms with E-state index in [1.807, 2.05) is 0 Å². The first-order valence-corrected chi connectivity index (χ1v) is 5.85. The average molecular weight is 211 g/mol. The fourth-order valence-corrected chi connectivity index (χ4v) is 2.77. The van der Waals surface area contributed by atoms with E-state index in [2.05, 4.69) is 26.8 Å². The van der Waals surface area contributed by atoms with Gasteiger partial charge in [-0.3, -0.25) is 0 Å². The van der Waals surface area contributed by atoms with E-state index >= 15 is 0 Å². The fourth-order valence-electron chi connectivity index (χ4n) is 2.77. The lowest BCUT2D eigenvalue weighted by Gasteiger charge is -2.26. The summed E-state index contributed by atoms with van der Waals surface area (Å²) in [5.74, 6) is 1.85. The zero-order chi connectivity index (χ0) is 11.0. The van der Waals surface area contributed by atoms with Gasteiger partial charge in [-0.25, -0.2) is 0 Å². The molecule has 0 spiro atoms. The van der Waals surface area contributed by atoms with Gasteiger partial charge in [0.25, 0.3) is 0 Å². The highest BCUT2D eigenvalue weighted by Crippen LogP contribution is 2.36. The Kier molecular flexibility index (Phi) is 3.03. The van der Waals surface area contributed by atoms with Gasteiger partial charge in [0.1, 0.15) is 5.76 Å². The summed E-state index contributed by atoms with van der Waals surface area (Å²) in [7, 11) is 0. The second-order valence-electron chi connectivity index (χ2n) is 4.75. The first kappa shape index (κ1) is 11.0. The molecule has 0 radical (unpaired) electrons. The topological polar surface area (TPSA) is 44.5 Å². The first-order chi connectivity index (χ1) is 7.11. The van der Waals surface area contributed by atoms with Crippen LogP contribution in [0.4, 0.5) is 0 Å². The lowest BCUT2D eigenvalue weighted by atomic mass is 9.83. The standard InChI is InChI=1S/C12H21NO2/c1-7-8(2)15-9(3)11(7)12(13)10-5-4-6-14-10/h5,7-9,11-12H,4,6,13H2,1-3H3. The molecule has 5 atom stereocenters. The van der Waals surface area contributed by atoms with Crippen molar-refractivity contribution in [1.82, 2.24) is 0 Å². The highest BCUT2D eigenvalue weighted by Gasteiger charge is 2.42. The van der Waals surface area contributed by atoms with Crippen LogP contribution in [0.5, 0.6) is 0 Å². The molecule has 86 valence electrons. The van der Waals surface area contributed by atoms with Gasteiger partial charge in [-0.2, -0.15) is 0 Å². The van der Waals surface area contributed by atoms with E-state index in [-0.39, 0.29) is 12.1 Å². The Balaban J connectivity index is 2.08. The lowest BCUT2D eigenvalue weighted by Crippen LogP contribution is -2.39. The van der Waals surface area contributed by atoms with Crippen LogP contribution in [0.2, 0.25) is 0 Å². The van der Waals surface area contributed by atoms with Gasteiger partial charge in [-0.1, -0.05) is 6.92 Å². The van der Waals surface area contributed by atoms with Crippen molar-refractivity contribution in [3.8, 4) is 0 Å². The molecule has 0 bridgehead atoms. The Morgan fingerprint density at radius 1 is 1.33 bits per heavy atom. The smallest absolute Gasteiger partial charge is 0.109 e. The molecule has 1 fully saturated rings. The maximum absolute atomic E-state index is 6.25. The summed E-state index contributed by atoms with van der Waals surface area (Å²) in [6.07, 6.45) is 3.65. The van der Waals surface area contributed by atoms with Crippen molar-refractivity contribution in [1.29, 1.82) is 0 Å². The van der Waals surface area contributed by atoms with E-state index in [0.29, 0.717) is 17.9 Å². The molecular formula is C12H21NO2. The van der Waals surface area contributed by atoms with Gasteiger partial charge < -0.3 is 15.2 Å². The van der Waals surface area contributed by atoms with Crippen LogP contribution >= 0.6 is 0 Å². The molecule has 2 aliphatic heterocycles. The second-order valence-corrected chi connectivity index (χ2v) is 4.75.